The molecule has 0 unspecified atom stereocenters. The summed E-state index contributed by atoms with van der Waals surface area (Å²) in [4.78, 5) is 16.6. The van der Waals surface area contributed by atoms with Crippen LogP contribution < -0.4 is 10.6 Å². The van der Waals surface area contributed by atoms with Crippen LogP contribution in [0.15, 0.2) is 34.8 Å². The summed E-state index contributed by atoms with van der Waals surface area (Å²) in [5, 5.41) is 5.87. The van der Waals surface area contributed by atoms with Gasteiger partial charge in [-0.25, -0.2) is 4.98 Å². The molecule has 1 aromatic carbocycles. The van der Waals surface area contributed by atoms with Crippen molar-refractivity contribution in [1.29, 1.82) is 0 Å². The lowest BCUT2D eigenvalue weighted by atomic mass is 10.1. The standard InChI is InChI=1S/C15H16BrN3O/c1-9-4-5-12(16)8-13(9)19-15(20)11-6-10(2)18-14(7-11)17-3/h4-8H,1-3H3,(H,17,18)(H,19,20). The number of hydrogen-bond donors (Lipinski definition) is 2. The van der Waals surface area contributed by atoms with Gasteiger partial charge in [-0.1, -0.05) is 22.0 Å². The van der Waals surface area contributed by atoms with E-state index >= 15 is 0 Å². The van der Waals surface area contributed by atoms with Gasteiger partial charge in [0.1, 0.15) is 5.82 Å². The summed E-state index contributed by atoms with van der Waals surface area (Å²) in [7, 11) is 1.78. The van der Waals surface area contributed by atoms with Crippen molar-refractivity contribution in [3.8, 4) is 0 Å². The number of carbonyl (C=O) groups is 1. The van der Waals surface area contributed by atoms with Crippen molar-refractivity contribution in [2.24, 2.45) is 0 Å². The van der Waals surface area contributed by atoms with Crippen LogP contribution >= 0.6 is 15.9 Å². The van der Waals surface area contributed by atoms with Crippen molar-refractivity contribution in [1.82, 2.24) is 4.98 Å². The van der Waals surface area contributed by atoms with E-state index in [9.17, 15) is 4.79 Å². The first-order chi connectivity index (χ1) is 9.49. The van der Waals surface area contributed by atoms with Crippen LogP contribution in [-0.2, 0) is 0 Å². The Morgan fingerprint density at radius 2 is 1.95 bits per heavy atom. The van der Waals surface area contributed by atoms with Crippen molar-refractivity contribution in [2.75, 3.05) is 17.7 Å². The number of nitrogens with one attached hydrogen (secondary N) is 2. The fraction of sp³-hybridized carbons (Fsp3) is 0.200. The predicted octanol–water partition coefficient (Wildman–Crippen LogP) is 3.75. The summed E-state index contributed by atoms with van der Waals surface area (Å²) >= 11 is 3.41. The first-order valence-corrected chi connectivity index (χ1v) is 7.03. The van der Waals surface area contributed by atoms with Gasteiger partial charge in [-0.2, -0.15) is 0 Å². The molecule has 2 rings (SSSR count). The number of carbonyl (C=O) groups excluding carboxylic acids is 1. The number of hydrogen-bond acceptors (Lipinski definition) is 3. The van der Waals surface area contributed by atoms with Crippen molar-refractivity contribution in [2.45, 2.75) is 13.8 Å². The van der Waals surface area contributed by atoms with Crippen LogP contribution in [0, 0.1) is 13.8 Å². The molecule has 104 valence electrons. The Hall–Kier alpha value is -1.88. The molecule has 0 bridgehead atoms. The number of aryl methyl sites for hydroxylation is 2. The second-order valence-electron chi connectivity index (χ2n) is 4.55. The van der Waals surface area contributed by atoms with Crippen LogP contribution in [0.25, 0.3) is 0 Å². The second-order valence-corrected chi connectivity index (χ2v) is 5.46. The first-order valence-electron chi connectivity index (χ1n) is 6.23. The number of amides is 1. The molecule has 20 heavy (non-hydrogen) atoms. The van der Waals surface area contributed by atoms with E-state index in [2.05, 4.69) is 31.5 Å². The van der Waals surface area contributed by atoms with Gasteiger partial charge >= 0.3 is 0 Å². The lowest BCUT2D eigenvalue weighted by Crippen LogP contribution is -2.14. The van der Waals surface area contributed by atoms with E-state index in [4.69, 9.17) is 0 Å². The molecule has 0 atom stereocenters. The summed E-state index contributed by atoms with van der Waals surface area (Å²) in [5.74, 6) is 0.536. The number of aromatic nitrogens is 1. The van der Waals surface area contributed by atoms with E-state index in [-0.39, 0.29) is 5.91 Å². The number of halogens is 1. The van der Waals surface area contributed by atoms with E-state index in [1.165, 1.54) is 0 Å². The second kappa shape index (κ2) is 6.05. The molecule has 4 nitrogen and oxygen atoms in total. The van der Waals surface area contributed by atoms with Crippen molar-refractivity contribution in [3.63, 3.8) is 0 Å². The van der Waals surface area contributed by atoms with Gasteiger partial charge in [-0.15, -0.1) is 0 Å². The van der Waals surface area contributed by atoms with Crippen molar-refractivity contribution in [3.05, 3.63) is 51.6 Å². The predicted molar refractivity (Wildman–Crippen MR) is 85.4 cm³/mol. The zero-order valence-corrected chi connectivity index (χ0v) is 13.2. The van der Waals surface area contributed by atoms with E-state index in [1.807, 2.05) is 32.0 Å². The molecule has 0 radical (unpaired) electrons. The summed E-state index contributed by atoms with van der Waals surface area (Å²) < 4.78 is 0.931. The van der Waals surface area contributed by atoms with Crippen molar-refractivity contribution >= 4 is 33.3 Å². The fourth-order valence-electron chi connectivity index (χ4n) is 1.85. The molecule has 0 saturated carbocycles. The molecule has 0 aliphatic rings. The molecule has 0 aliphatic carbocycles. The molecule has 0 spiro atoms. The molecular formula is C15H16BrN3O. The minimum Gasteiger partial charge on any atom is -0.373 e. The zero-order chi connectivity index (χ0) is 14.7. The molecular weight excluding hydrogens is 318 g/mol. The Balaban J connectivity index is 2.28. The quantitative estimate of drug-likeness (QED) is 0.899. The van der Waals surface area contributed by atoms with E-state index in [0.717, 1.165) is 21.4 Å². The van der Waals surface area contributed by atoms with Gasteiger partial charge < -0.3 is 10.6 Å². The van der Waals surface area contributed by atoms with Gasteiger partial charge in [0.05, 0.1) is 0 Å². The Morgan fingerprint density at radius 3 is 2.65 bits per heavy atom. The maximum absolute atomic E-state index is 12.3. The Kier molecular flexibility index (Phi) is 4.39. The van der Waals surface area contributed by atoms with E-state index in [1.54, 1.807) is 19.2 Å². The lowest BCUT2D eigenvalue weighted by molar-refractivity contribution is 0.102. The molecule has 0 saturated heterocycles. The molecule has 1 amide bonds. The highest BCUT2D eigenvalue weighted by molar-refractivity contribution is 9.10. The van der Waals surface area contributed by atoms with Gasteiger partial charge in [0.25, 0.3) is 5.91 Å². The van der Waals surface area contributed by atoms with Crippen LogP contribution in [-0.4, -0.2) is 17.9 Å². The number of anilines is 2. The molecule has 1 aromatic heterocycles. The molecule has 0 fully saturated rings. The van der Waals surface area contributed by atoms with Crippen molar-refractivity contribution < 1.29 is 4.79 Å². The van der Waals surface area contributed by atoms with Gasteiger partial charge in [0.15, 0.2) is 0 Å². The third-order valence-electron chi connectivity index (χ3n) is 2.92. The lowest BCUT2D eigenvalue weighted by Gasteiger charge is -2.10. The highest BCUT2D eigenvalue weighted by atomic mass is 79.9. The molecule has 5 heteroatoms. The monoisotopic (exact) mass is 333 g/mol. The highest BCUT2D eigenvalue weighted by Crippen LogP contribution is 2.21. The van der Waals surface area contributed by atoms with Crippen LogP contribution in [0.2, 0.25) is 0 Å². The maximum Gasteiger partial charge on any atom is 0.255 e. The number of pyridine rings is 1. The largest absolute Gasteiger partial charge is 0.373 e. The average molecular weight is 334 g/mol. The van der Waals surface area contributed by atoms with Crippen LogP contribution in [0.3, 0.4) is 0 Å². The van der Waals surface area contributed by atoms with Crippen LogP contribution in [0.1, 0.15) is 21.6 Å². The third-order valence-corrected chi connectivity index (χ3v) is 3.41. The minimum atomic E-state index is -0.145. The van der Waals surface area contributed by atoms with E-state index < -0.39 is 0 Å². The molecule has 0 aliphatic heterocycles. The van der Waals surface area contributed by atoms with Crippen LogP contribution in [0.5, 0.6) is 0 Å². The van der Waals surface area contributed by atoms with Gasteiger partial charge in [-0.3, -0.25) is 4.79 Å². The summed E-state index contributed by atoms with van der Waals surface area (Å²) in [6.45, 7) is 3.82. The first kappa shape index (κ1) is 14.5. The summed E-state index contributed by atoms with van der Waals surface area (Å²) in [6, 6.07) is 9.29. The SMILES string of the molecule is CNc1cc(C(=O)Nc2cc(Br)ccc2C)cc(C)n1. The number of nitrogens with zero attached hydrogens (tertiary/aromatic N) is 1. The maximum atomic E-state index is 12.3. The normalized spacial score (nSPS) is 10.2. The smallest absolute Gasteiger partial charge is 0.255 e. The third kappa shape index (κ3) is 3.36. The van der Waals surface area contributed by atoms with E-state index in [0.29, 0.717) is 11.4 Å². The minimum absolute atomic E-state index is 0.145. The molecule has 2 aromatic rings. The zero-order valence-electron chi connectivity index (χ0n) is 11.6. The highest BCUT2D eigenvalue weighted by Gasteiger charge is 2.10. The summed E-state index contributed by atoms with van der Waals surface area (Å²) in [5.41, 5.74) is 3.19. The fourth-order valence-corrected chi connectivity index (χ4v) is 2.21. The van der Waals surface area contributed by atoms with Gasteiger partial charge in [0, 0.05) is 28.5 Å². The number of benzene rings is 1. The summed E-state index contributed by atoms with van der Waals surface area (Å²) in [6.07, 6.45) is 0. The Labute approximate surface area is 126 Å². The van der Waals surface area contributed by atoms with Gasteiger partial charge in [0.2, 0.25) is 0 Å². The molecule has 1 heterocycles. The number of rotatable bonds is 3. The Bertz CT molecular complexity index is 656. The van der Waals surface area contributed by atoms with Crippen LogP contribution in [0.4, 0.5) is 11.5 Å². The Morgan fingerprint density at radius 1 is 1.20 bits per heavy atom. The molecule has 2 N–H and O–H groups in total. The average Bonchev–Trinajstić information content (AvgIpc) is 2.42. The van der Waals surface area contributed by atoms with Gasteiger partial charge in [-0.05, 0) is 43.7 Å². The topological polar surface area (TPSA) is 54.0 Å².